The number of esters is 2. The van der Waals surface area contributed by atoms with E-state index in [0.29, 0.717) is 22.6 Å². The first kappa shape index (κ1) is 29.9. The number of carbonyl (C=O) groups excluding carboxylic acids is 2. The molecule has 5 aliphatic rings. The van der Waals surface area contributed by atoms with Gasteiger partial charge in [0.25, 0.3) is 0 Å². The van der Waals surface area contributed by atoms with Gasteiger partial charge in [0, 0.05) is 19.5 Å². The van der Waals surface area contributed by atoms with Gasteiger partial charge >= 0.3 is 19.2 Å². The van der Waals surface area contributed by atoms with Gasteiger partial charge in [-0.1, -0.05) is 67.8 Å². The van der Waals surface area contributed by atoms with Crippen molar-refractivity contribution >= 4 is 35.0 Å². The Labute approximate surface area is 215 Å². The fourth-order valence-corrected chi connectivity index (χ4v) is 12.5. The molecule has 0 amide bonds. The maximum atomic E-state index is 12.4. The molecule has 4 unspecified atom stereocenters. The van der Waals surface area contributed by atoms with Crippen LogP contribution in [0, 0.1) is 11.8 Å². The van der Waals surface area contributed by atoms with Crippen molar-refractivity contribution in [3.8, 4) is 0 Å². The van der Waals surface area contributed by atoms with E-state index in [1.165, 1.54) is 32.1 Å². The summed E-state index contributed by atoms with van der Waals surface area (Å²) in [5, 5.41) is 1.67. The van der Waals surface area contributed by atoms with Crippen molar-refractivity contribution in [3.63, 3.8) is 0 Å². The van der Waals surface area contributed by atoms with Gasteiger partial charge < -0.3 is 22.0 Å². The van der Waals surface area contributed by atoms with Crippen LogP contribution in [-0.4, -0.2) is 41.8 Å². The molecule has 1 radical (unpaired) electrons. The first-order chi connectivity index (χ1) is 15.4. The van der Waals surface area contributed by atoms with Gasteiger partial charge in [-0.3, -0.25) is 0 Å². The second kappa shape index (κ2) is 12.2. The average molecular weight is 608 g/mol. The van der Waals surface area contributed by atoms with E-state index in [-0.39, 0.29) is 31.4 Å². The van der Waals surface area contributed by atoms with E-state index in [2.05, 4.69) is 52.0 Å². The number of carbonyl (C=O) groups is 2. The van der Waals surface area contributed by atoms with Crippen molar-refractivity contribution in [2.75, 3.05) is 0 Å². The Bertz CT molecular complexity index is 766. The normalized spacial score (nSPS) is 37.8. The summed E-state index contributed by atoms with van der Waals surface area (Å²) in [5.41, 5.74) is 2.17. The first-order valence-corrected chi connectivity index (χ1v) is 14.6. The van der Waals surface area contributed by atoms with E-state index in [0.717, 1.165) is 22.5 Å². The van der Waals surface area contributed by atoms with Crippen molar-refractivity contribution in [1.82, 2.24) is 0 Å². The van der Waals surface area contributed by atoms with Crippen LogP contribution in [0.1, 0.15) is 59.8 Å². The molecule has 0 aromatic carbocycles. The molecule has 0 saturated carbocycles. The van der Waals surface area contributed by atoms with Gasteiger partial charge in [-0.05, 0) is 66.6 Å². The standard InChI is InChI=1S/C16H24O3P2.C7H8.BF4.Rh/c1-9-5-6-10(2)20(9)13-14(16(18)19-15(13)17)21-11(3)7-8-12(21)4;1-2-7-4-3-6(1)5-7;2-1(3,4)5;/h9-12H,5-8H2,1-4H3;1-4,6-7H,5H2;;/q;;-1;. The van der Waals surface area contributed by atoms with Gasteiger partial charge in [0.05, 0.1) is 10.6 Å². The summed E-state index contributed by atoms with van der Waals surface area (Å²) in [6.45, 7) is 8.96. The Morgan fingerprint density at radius 3 is 1.18 bits per heavy atom. The SMILES string of the molecule is C1=CC2C=CC1C2.CC1CCC(C)P1C1=C(P2C(C)CCC2C)C(=O)OC1=O.F[B-](F)(F)F.[Rh]. The molecule has 2 saturated heterocycles. The molecule has 3 aliphatic heterocycles. The minimum atomic E-state index is -6.00. The van der Waals surface area contributed by atoms with Crippen molar-refractivity contribution in [3.05, 3.63) is 34.9 Å². The third-order valence-corrected chi connectivity index (χ3v) is 13.8. The summed E-state index contributed by atoms with van der Waals surface area (Å²) in [6.07, 6.45) is 15.2. The van der Waals surface area contributed by atoms with Crippen LogP contribution in [-0.2, 0) is 33.8 Å². The molecule has 2 aliphatic carbocycles. The minimum absolute atomic E-state index is 0. The van der Waals surface area contributed by atoms with Crippen LogP contribution in [0.2, 0.25) is 0 Å². The van der Waals surface area contributed by atoms with Crippen LogP contribution in [0.15, 0.2) is 34.9 Å². The zero-order valence-corrected chi connectivity index (χ0v) is 23.3. The third-order valence-electron chi connectivity index (χ3n) is 6.97. The monoisotopic (exact) mass is 608 g/mol. The molecular formula is C23H32BF4O3P2Rh-. The summed E-state index contributed by atoms with van der Waals surface area (Å²) >= 11 is 0. The van der Waals surface area contributed by atoms with Crippen molar-refractivity contribution in [2.24, 2.45) is 11.8 Å². The number of ether oxygens (including phenoxy) is 1. The Morgan fingerprint density at radius 1 is 0.706 bits per heavy atom. The summed E-state index contributed by atoms with van der Waals surface area (Å²) in [6, 6.07) is 0. The molecule has 34 heavy (non-hydrogen) atoms. The molecule has 0 spiro atoms. The molecule has 193 valence electrons. The second-order valence-electron chi connectivity index (χ2n) is 9.57. The van der Waals surface area contributed by atoms with Crippen LogP contribution >= 0.6 is 15.8 Å². The Balaban J connectivity index is 0.000000257. The van der Waals surface area contributed by atoms with E-state index in [9.17, 15) is 26.9 Å². The zero-order chi connectivity index (χ0) is 24.5. The molecule has 3 nitrogen and oxygen atoms in total. The summed E-state index contributed by atoms with van der Waals surface area (Å²) in [7, 11) is -7.06. The van der Waals surface area contributed by atoms with Crippen LogP contribution in [0.4, 0.5) is 17.3 Å². The molecule has 2 bridgehead atoms. The Kier molecular flexibility index (Phi) is 10.8. The molecule has 5 rings (SSSR count). The molecule has 0 aromatic rings. The summed E-state index contributed by atoms with van der Waals surface area (Å²) < 4.78 is 44.1. The number of hydrogen-bond donors (Lipinski definition) is 0. The van der Waals surface area contributed by atoms with Crippen molar-refractivity contribution in [1.29, 1.82) is 0 Å². The Morgan fingerprint density at radius 2 is 0.971 bits per heavy atom. The smallest absolute Gasteiger partial charge is 0.418 e. The van der Waals surface area contributed by atoms with E-state index in [4.69, 9.17) is 4.74 Å². The van der Waals surface area contributed by atoms with Crippen molar-refractivity contribution in [2.45, 2.75) is 82.4 Å². The first-order valence-electron chi connectivity index (χ1n) is 11.7. The predicted octanol–water partition coefficient (Wildman–Crippen LogP) is 7.43. The number of fused-ring (bicyclic) bond motifs is 2. The quantitative estimate of drug-likeness (QED) is 0.0819. The zero-order valence-electron chi connectivity index (χ0n) is 19.9. The van der Waals surface area contributed by atoms with Crippen LogP contribution in [0.3, 0.4) is 0 Å². The van der Waals surface area contributed by atoms with Crippen LogP contribution in [0.25, 0.3) is 0 Å². The van der Waals surface area contributed by atoms with Gasteiger partial charge in [0.1, 0.15) is 0 Å². The third kappa shape index (κ3) is 7.33. The summed E-state index contributed by atoms with van der Waals surface area (Å²) in [4.78, 5) is 24.7. The van der Waals surface area contributed by atoms with Gasteiger partial charge in [0.15, 0.2) is 0 Å². The van der Waals surface area contributed by atoms with Gasteiger partial charge in [-0.25, -0.2) is 9.59 Å². The largest absolute Gasteiger partial charge is 0.673 e. The molecule has 2 fully saturated rings. The molecular weight excluding hydrogens is 576 g/mol. The number of cyclic esters (lactones) is 2. The van der Waals surface area contributed by atoms with E-state index < -0.39 is 23.1 Å². The number of allylic oxidation sites excluding steroid dienone is 4. The predicted molar refractivity (Wildman–Crippen MR) is 128 cm³/mol. The molecule has 4 atom stereocenters. The average Bonchev–Trinajstić information content (AvgIpc) is 3.51. The van der Waals surface area contributed by atoms with Crippen molar-refractivity contribution < 1.29 is 51.1 Å². The number of hydrogen-bond acceptors (Lipinski definition) is 3. The number of rotatable bonds is 2. The van der Waals surface area contributed by atoms with E-state index in [1.54, 1.807) is 0 Å². The molecule has 0 aromatic heterocycles. The second-order valence-corrected chi connectivity index (χ2v) is 15.6. The summed E-state index contributed by atoms with van der Waals surface area (Å²) in [5.74, 6) is 1.00. The molecule has 11 heteroatoms. The topological polar surface area (TPSA) is 43.4 Å². The maximum absolute atomic E-state index is 12.4. The van der Waals surface area contributed by atoms with Gasteiger partial charge in [-0.15, -0.1) is 0 Å². The minimum Gasteiger partial charge on any atom is -0.418 e. The van der Waals surface area contributed by atoms with E-state index >= 15 is 0 Å². The van der Waals surface area contributed by atoms with Gasteiger partial charge in [0.2, 0.25) is 0 Å². The number of halogens is 4. The van der Waals surface area contributed by atoms with Crippen LogP contribution in [0.5, 0.6) is 0 Å². The maximum Gasteiger partial charge on any atom is 0.673 e. The fraction of sp³-hybridized carbons (Fsp3) is 0.652. The Hall–Kier alpha value is -0.372. The van der Waals surface area contributed by atoms with Crippen LogP contribution < -0.4 is 0 Å². The van der Waals surface area contributed by atoms with E-state index in [1.807, 2.05) is 0 Å². The molecule has 3 heterocycles. The van der Waals surface area contributed by atoms with Gasteiger partial charge in [-0.2, -0.15) is 0 Å². The molecule has 0 N–H and O–H groups in total. The fourth-order valence-electron chi connectivity index (χ4n) is 5.43.